The van der Waals surface area contributed by atoms with E-state index in [4.69, 9.17) is 24.3 Å². The van der Waals surface area contributed by atoms with Crippen molar-refractivity contribution in [1.82, 2.24) is 28.7 Å². The number of para-hydroxylation sites is 9. The Bertz CT molecular complexity index is 5860. The van der Waals surface area contributed by atoms with Gasteiger partial charge in [0.2, 0.25) is 0 Å². The van der Waals surface area contributed by atoms with Crippen LogP contribution in [0.2, 0.25) is 0 Å². The average molecular weight is 1450 g/mol. The summed E-state index contributed by atoms with van der Waals surface area (Å²) in [6, 6.07) is 117. The van der Waals surface area contributed by atoms with Gasteiger partial charge >= 0.3 is 7.12 Å². The Morgan fingerprint density at radius 1 is 0.275 bits per heavy atom. The van der Waals surface area contributed by atoms with Crippen molar-refractivity contribution < 1.29 is 9.31 Å². The fourth-order valence-corrected chi connectivity index (χ4v) is 14.7. The summed E-state index contributed by atoms with van der Waals surface area (Å²) in [4.78, 5) is 15.1. The Labute approximate surface area is 609 Å². The van der Waals surface area contributed by atoms with Gasteiger partial charge in [0.15, 0.2) is 0 Å². The van der Waals surface area contributed by atoms with Crippen molar-refractivity contribution in [2.75, 3.05) is 0 Å². The molecule has 0 atom stereocenters. The van der Waals surface area contributed by atoms with E-state index in [1.807, 2.05) is 36.4 Å². The van der Waals surface area contributed by atoms with Gasteiger partial charge in [-0.15, -0.1) is 0 Å². The fourth-order valence-electron chi connectivity index (χ4n) is 14.0. The van der Waals surface area contributed by atoms with E-state index >= 15 is 0 Å². The molecule has 19 rings (SSSR count). The highest BCUT2D eigenvalue weighted by molar-refractivity contribution is 9.10. The summed E-state index contributed by atoms with van der Waals surface area (Å²) in [5.74, 6) is 2.79. The van der Waals surface area contributed by atoms with Crippen molar-refractivity contribution in [2.24, 2.45) is 0 Å². The Balaban J connectivity index is 0.000000139. The third kappa shape index (κ3) is 12.2. The second kappa shape index (κ2) is 26.7. The van der Waals surface area contributed by atoms with E-state index in [2.05, 4.69) is 371 Å². The van der Waals surface area contributed by atoms with Crippen LogP contribution in [0.25, 0.3) is 150 Å². The summed E-state index contributed by atoms with van der Waals surface area (Å²) < 4.78 is 21.3. The molecular weight excluding hydrogens is 1380 g/mol. The van der Waals surface area contributed by atoms with Gasteiger partial charge in [-0.1, -0.05) is 256 Å². The van der Waals surface area contributed by atoms with Gasteiger partial charge in [0.05, 0.1) is 44.3 Å². The minimum absolute atomic E-state index is 0.350. The first-order valence-electron chi connectivity index (χ1n) is 34.4. The molecule has 1 aliphatic rings. The number of nitrogens with zero attached hydrogens (tertiary/aromatic N) is 6. The topological polar surface area (TPSA) is 71.9 Å². The van der Waals surface area contributed by atoms with E-state index in [9.17, 15) is 0 Å². The van der Waals surface area contributed by atoms with Gasteiger partial charge in [-0.05, 0) is 208 Å². The molecule has 1 aliphatic heterocycles. The van der Waals surface area contributed by atoms with E-state index in [0.717, 1.165) is 98.7 Å². The number of hydrogen-bond acceptors (Lipinski definition) is 5. The molecular formula is C91H67BBr2N6O2. The highest BCUT2D eigenvalue weighted by Crippen LogP contribution is 2.40. The Kier molecular flexibility index (Phi) is 16.8. The van der Waals surface area contributed by atoms with Crippen LogP contribution in [-0.2, 0) is 9.31 Å². The van der Waals surface area contributed by atoms with Gasteiger partial charge < -0.3 is 9.31 Å². The van der Waals surface area contributed by atoms with Crippen molar-refractivity contribution in [2.45, 2.75) is 38.9 Å². The summed E-state index contributed by atoms with van der Waals surface area (Å²) in [5, 5.41) is 10.0. The van der Waals surface area contributed by atoms with Gasteiger partial charge in [0.25, 0.3) is 0 Å². The molecule has 0 spiro atoms. The van der Waals surface area contributed by atoms with Crippen molar-refractivity contribution in [3.05, 3.63) is 343 Å². The lowest BCUT2D eigenvalue weighted by Crippen LogP contribution is -2.41. The predicted octanol–water partition coefficient (Wildman–Crippen LogP) is 23.8. The van der Waals surface area contributed by atoms with Crippen molar-refractivity contribution >= 4 is 121 Å². The second-order valence-corrected chi connectivity index (χ2v) is 28.7. The standard InChI is InChI=1S/C52H34N4.C25H25BN2O2.C14H8Br2/c1-3-11-43(12-4-1)55-49-17-9-7-15-47(49)53-51(55)39-27-19-35(20-28-39)41-31-25-37-23-24-38-26-32-42(34-46(38)45(37)33-41)36-21-29-40(30-22-36)52-54-48-16-8-10-18-50(48)56(52)44-13-5-2-6-14-44;1-24(2)25(3,4)30-26(29-24)19-16-14-18(15-17-19)23-27-21-12-8-9-13-22(21)28(23)20-10-6-5-7-11-20;15-11-5-3-9-1-2-10-4-6-12(16)8-14(10)13(9)7-11/h1-34H;5-17H,1-4H3;1-8H. The summed E-state index contributed by atoms with van der Waals surface area (Å²) >= 11 is 7.05. The molecule has 0 amide bonds. The molecule has 18 aromatic rings. The highest BCUT2D eigenvalue weighted by atomic mass is 79.9. The zero-order valence-electron chi connectivity index (χ0n) is 56.6. The molecule has 0 radical (unpaired) electrons. The molecule has 1 fully saturated rings. The van der Waals surface area contributed by atoms with Gasteiger partial charge in [0, 0.05) is 42.7 Å². The van der Waals surface area contributed by atoms with Crippen molar-refractivity contribution in [1.29, 1.82) is 0 Å². The minimum atomic E-state index is -0.364. The van der Waals surface area contributed by atoms with E-state index in [1.54, 1.807) is 0 Å². The first kappa shape index (κ1) is 64.1. The zero-order valence-corrected chi connectivity index (χ0v) is 59.8. The summed E-state index contributed by atoms with van der Waals surface area (Å²) in [6.45, 7) is 8.29. The van der Waals surface area contributed by atoms with E-state index in [0.29, 0.717) is 0 Å². The number of halogens is 2. The summed E-state index contributed by atoms with van der Waals surface area (Å²) in [6.07, 6.45) is 0. The molecule has 0 N–H and O–H groups in total. The molecule has 1 saturated heterocycles. The maximum Gasteiger partial charge on any atom is 0.494 e. The maximum absolute atomic E-state index is 6.19. The molecule has 8 nitrogen and oxygen atoms in total. The van der Waals surface area contributed by atoms with Crippen LogP contribution in [0.3, 0.4) is 0 Å². The predicted molar refractivity (Wildman–Crippen MR) is 432 cm³/mol. The SMILES string of the molecule is Brc1ccc2ccc3ccc(Br)cc3c2c1.CC1(C)OB(c2ccc(-c3nc4ccccc4n3-c3ccccc3)cc2)OC1(C)C.c1ccc(-n2c(-c3ccc(-c4ccc5ccc6ccc(-c7ccc(-c8nc9ccccc9n8-c8ccccc8)cc7)cc6c5c4)cc3)nc3ccccc32)cc1. The first-order chi connectivity index (χ1) is 49.8. The lowest BCUT2D eigenvalue weighted by molar-refractivity contribution is 0.00578. The number of hydrogen-bond donors (Lipinski definition) is 0. The van der Waals surface area contributed by atoms with Crippen LogP contribution in [-0.4, -0.2) is 47.0 Å². The molecule has 0 unspecified atom stereocenters. The van der Waals surface area contributed by atoms with Gasteiger partial charge in [-0.3, -0.25) is 13.7 Å². The number of rotatable bonds is 9. The van der Waals surface area contributed by atoms with E-state index in [-0.39, 0.29) is 18.3 Å². The van der Waals surface area contributed by atoms with Crippen LogP contribution in [0.4, 0.5) is 0 Å². The van der Waals surface area contributed by atoms with Crippen LogP contribution < -0.4 is 5.46 Å². The van der Waals surface area contributed by atoms with E-state index in [1.165, 1.54) is 65.3 Å². The summed E-state index contributed by atoms with van der Waals surface area (Å²) in [7, 11) is -0.364. The summed E-state index contributed by atoms with van der Waals surface area (Å²) in [5.41, 5.74) is 17.7. The lowest BCUT2D eigenvalue weighted by Gasteiger charge is -2.32. The number of fused-ring (bicyclic) bond motifs is 9. The van der Waals surface area contributed by atoms with Crippen molar-refractivity contribution in [3.63, 3.8) is 0 Å². The highest BCUT2D eigenvalue weighted by Gasteiger charge is 2.51. The Hall–Kier alpha value is -11.3. The number of imidazole rings is 3. The monoisotopic (exact) mass is 1440 g/mol. The molecule has 0 aliphatic carbocycles. The smallest absolute Gasteiger partial charge is 0.399 e. The van der Waals surface area contributed by atoms with Crippen LogP contribution in [0.1, 0.15) is 27.7 Å². The molecule has 0 bridgehead atoms. The van der Waals surface area contributed by atoms with Crippen LogP contribution in [0.5, 0.6) is 0 Å². The number of aromatic nitrogens is 6. The lowest BCUT2D eigenvalue weighted by atomic mass is 9.79. The maximum atomic E-state index is 6.19. The normalized spacial score (nSPS) is 13.3. The fraction of sp³-hybridized carbons (Fsp3) is 0.0659. The van der Waals surface area contributed by atoms with Crippen LogP contribution in [0.15, 0.2) is 343 Å². The molecule has 102 heavy (non-hydrogen) atoms. The third-order valence-electron chi connectivity index (χ3n) is 20.0. The van der Waals surface area contributed by atoms with Crippen LogP contribution >= 0.6 is 31.9 Å². The molecule has 15 aromatic carbocycles. The average Bonchev–Trinajstić information content (AvgIpc) is 1.42. The Morgan fingerprint density at radius 2 is 0.539 bits per heavy atom. The minimum Gasteiger partial charge on any atom is -0.399 e. The third-order valence-corrected chi connectivity index (χ3v) is 21.0. The molecule has 490 valence electrons. The second-order valence-electron chi connectivity index (χ2n) is 26.9. The van der Waals surface area contributed by atoms with Gasteiger partial charge in [-0.2, -0.15) is 0 Å². The largest absolute Gasteiger partial charge is 0.494 e. The molecule has 3 aromatic heterocycles. The molecule has 0 saturated carbocycles. The Morgan fingerprint density at radius 3 is 0.882 bits per heavy atom. The van der Waals surface area contributed by atoms with E-state index < -0.39 is 0 Å². The molecule has 11 heteroatoms. The van der Waals surface area contributed by atoms with Gasteiger partial charge in [0.1, 0.15) is 17.5 Å². The zero-order chi connectivity index (χ0) is 69.1. The van der Waals surface area contributed by atoms with Crippen molar-refractivity contribution in [3.8, 4) is 73.5 Å². The number of benzene rings is 15. The van der Waals surface area contributed by atoms with Gasteiger partial charge in [-0.25, -0.2) is 15.0 Å². The quantitative estimate of drug-likeness (QED) is 0.106. The molecule has 4 heterocycles. The first-order valence-corrected chi connectivity index (χ1v) is 35.9. The van der Waals surface area contributed by atoms with Crippen LogP contribution in [0, 0.1) is 0 Å².